The van der Waals surface area contributed by atoms with E-state index in [4.69, 9.17) is 5.73 Å². The van der Waals surface area contributed by atoms with E-state index in [-0.39, 0.29) is 11.9 Å². The molecule has 0 saturated carbocycles. The van der Waals surface area contributed by atoms with Crippen molar-refractivity contribution >= 4 is 17.2 Å². The lowest BCUT2D eigenvalue weighted by atomic mass is 10.1. The van der Waals surface area contributed by atoms with Gasteiger partial charge in [-0.1, -0.05) is 0 Å². The third-order valence-corrected chi connectivity index (χ3v) is 3.36. The van der Waals surface area contributed by atoms with E-state index in [2.05, 4.69) is 21.7 Å². The van der Waals surface area contributed by atoms with E-state index in [9.17, 15) is 4.79 Å². The molecule has 0 saturated heterocycles. The van der Waals surface area contributed by atoms with Gasteiger partial charge in [0.1, 0.15) is 0 Å². The molecule has 0 aliphatic rings. The van der Waals surface area contributed by atoms with E-state index in [0.29, 0.717) is 13.0 Å². The number of amides is 1. The minimum absolute atomic E-state index is 0.0629. The third kappa shape index (κ3) is 3.59. The maximum Gasteiger partial charge on any atom is 0.221 e. The Balaban J connectivity index is 2.50. The standard InChI is InChI=1S/C11H19N3OS/c1-13-11(15)3-5-14(2)10(7-12)9-4-6-16-8-9/h4,6,8,10H,3,5,7,12H2,1-2H3,(H,13,15). The molecule has 1 aromatic rings. The third-order valence-electron chi connectivity index (χ3n) is 2.65. The number of hydrogen-bond donors (Lipinski definition) is 2. The Kier molecular flexibility index (Phi) is 5.45. The summed E-state index contributed by atoms with van der Waals surface area (Å²) in [4.78, 5) is 13.3. The van der Waals surface area contributed by atoms with Crippen LogP contribution in [0.2, 0.25) is 0 Å². The van der Waals surface area contributed by atoms with Crippen LogP contribution in [0.5, 0.6) is 0 Å². The lowest BCUT2D eigenvalue weighted by molar-refractivity contribution is -0.120. The van der Waals surface area contributed by atoms with Crippen LogP contribution >= 0.6 is 11.3 Å². The van der Waals surface area contributed by atoms with Crippen LogP contribution < -0.4 is 11.1 Å². The van der Waals surface area contributed by atoms with Crippen molar-refractivity contribution in [1.29, 1.82) is 0 Å². The number of nitrogens with two attached hydrogens (primary N) is 1. The molecule has 0 aliphatic carbocycles. The van der Waals surface area contributed by atoms with Gasteiger partial charge in [-0.25, -0.2) is 0 Å². The summed E-state index contributed by atoms with van der Waals surface area (Å²) in [6, 6.07) is 2.29. The molecule has 4 nitrogen and oxygen atoms in total. The first-order valence-electron chi connectivity index (χ1n) is 5.32. The molecule has 1 heterocycles. The van der Waals surface area contributed by atoms with Gasteiger partial charge in [-0.2, -0.15) is 11.3 Å². The number of nitrogens with zero attached hydrogens (tertiary/aromatic N) is 1. The minimum atomic E-state index is 0.0629. The second-order valence-electron chi connectivity index (χ2n) is 3.71. The SMILES string of the molecule is CNC(=O)CCN(C)C(CN)c1ccsc1. The molecule has 0 bridgehead atoms. The molecule has 0 spiro atoms. The first-order chi connectivity index (χ1) is 7.69. The number of likely N-dealkylation sites (N-methyl/N-ethyl adjacent to an activating group) is 1. The summed E-state index contributed by atoms with van der Waals surface area (Å²) < 4.78 is 0. The summed E-state index contributed by atoms with van der Waals surface area (Å²) in [7, 11) is 3.65. The molecule has 1 amide bonds. The molecule has 1 atom stereocenters. The van der Waals surface area contributed by atoms with E-state index in [1.54, 1.807) is 18.4 Å². The Hall–Kier alpha value is -0.910. The van der Waals surface area contributed by atoms with Gasteiger partial charge >= 0.3 is 0 Å². The highest BCUT2D eigenvalue weighted by atomic mass is 32.1. The predicted molar refractivity (Wildman–Crippen MR) is 67.4 cm³/mol. The maximum atomic E-state index is 11.1. The lowest BCUT2D eigenvalue weighted by Gasteiger charge is -2.26. The minimum Gasteiger partial charge on any atom is -0.359 e. The number of carbonyl (C=O) groups is 1. The number of nitrogens with one attached hydrogen (secondary N) is 1. The van der Waals surface area contributed by atoms with Crippen molar-refractivity contribution in [1.82, 2.24) is 10.2 Å². The molecule has 3 N–H and O–H groups in total. The van der Waals surface area contributed by atoms with Crippen molar-refractivity contribution in [2.75, 3.05) is 27.2 Å². The van der Waals surface area contributed by atoms with Gasteiger partial charge in [0.25, 0.3) is 0 Å². The van der Waals surface area contributed by atoms with Gasteiger partial charge in [0.15, 0.2) is 0 Å². The molecule has 1 rings (SSSR count). The normalized spacial score (nSPS) is 12.8. The van der Waals surface area contributed by atoms with Crippen molar-refractivity contribution in [2.45, 2.75) is 12.5 Å². The fourth-order valence-electron chi connectivity index (χ4n) is 1.59. The first-order valence-corrected chi connectivity index (χ1v) is 6.26. The summed E-state index contributed by atoms with van der Waals surface area (Å²) in [5.74, 6) is 0.0629. The van der Waals surface area contributed by atoms with Gasteiger partial charge in [0.05, 0.1) is 0 Å². The lowest BCUT2D eigenvalue weighted by Crippen LogP contribution is -2.33. The van der Waals surface area contributed by atoms with E-state index < -0.39 is 0 Å². The van der Waals surface area contributed by atoms with Crippen LogP contribution in [0.1, 0.15) is 18.0 Å². The molecule has 16 heavy (non-hydrogen) atoms. The highest BCUT2D eigenvalue weighted by molar-refractivity contribution is 7.07. The molecule has 5 heteroatoms. The van der Waals surface area contributed by atoms with Crippen molar-refractivity contribution in [3.63, 3.8) is 0 Å². The van der Waals surface area contributed by atoms with Gasteiger partial charge in [0, 0.05) is 32.6 Å². The predicted octanol–water partition coefficient (Wildman–Crippen LogP) is 0.816. The van der Waals surface area contributed by atoms with Crippen molar-refractivity contribution in [3.8, 4) is 0 Å². The van der Waals surface area contributed by atoms with Crippen LogP contribution in [0.4, 0.5) is 0 Å². The van der Waals surface area contributed by atoms with Gasteiger partial charge in [0.2, 0.25) is 5.91 Å². The zero-order chi connectivity index (χ0) is 12.0. The molecule has 0 radical (unpaired) electrons. The van der Waals surface area contributed by atoms with Gasteiger partial charge in [-0.15, -0.1) is 0 Å². The smallest absolute Gasteiger partial charge is 0.221 e. The molecule has 0 aromatic carbocycles. The van der Waals surface area contributed by atoms with Crippen molar-refractivity contribution < 1.29 is 4.79 Å². The van der Waals surface area contributed by atoms with E-state index >= 15 is 0 Å². The number of hydrogen-bond acceptors (Lipinski definition) is 4. The molecular weight excluding hydrogens is 222 g/mol. The van der Waals surface area contributed by atoms with Crippen molar-refractivity contribution in [3.05, 3.63) is 22.4 Å². The highest BCUT2D eigenvalue weighted by Gasteiger charge is 2.16. The molecular formula is C11H19N3OS. The average Bonchev–Trinajstić information content (AvgIpc) is 2.80. The summed E-state index contributed by atoms with van der Waals surface area (Å²) in [5.41, 5.74) is 6.99. The summed E-state index contributed by atoms with van der Waals surface area (Å²) in [5, 5.41) is 6.77. The first kappa shape index (κ1) is 13.2. The zero-order valence-corrected chi connectivity index (χ0v) is 10.6. The van der Waals surface area contributed by atoms with Crippen LogP contribution in [0.3, 0.4) is 0 Å². The molecule has 1 aromatic heterocycles. The Morgan fingerprint density at radius 3 is 2.94 bits per heavy atom. The second-order valence-corrected chi connectivity index (χ2v) is 4.49. The fourth-order valence-corrected chi connectivity index (χ4v) is 2.30. The highest BCUT2D eigenvalue weighted by Crippen LogP contribution is 2.20. The number of carbonyl (C=O) groups excluding carboxylic acids is 1. The Bertz CT molecular complexity index is 313. The average molecular weight is 241 g/mol. The number of thiophene rings is 1. The van der Waals surface area contributed by atoms with Gasteiger partial charge in [-0.3, -0.25) is 9.69 Å². The molecule has 1 unspecified atom stereocenters. The molecule has 90 valence electrons. The van der Waals surface area contributed by atoms with Crippen LogP contribution in [-0.4, -0.2) is 38.0 Å². The number of rotatable bonds is 6. The Morgan fingerprint density at radius 2 is 2.44 bits per heavy atom. The van der Waals surface area contributed by atoms with Crippen LogP contribution in [0, 0.1) is 0 Å². The van der Waals surface area contributed by atoms with Crippen LogP contribution in [0.25, 0.3) is 0 Å². The second kappa shape index (κ2) is 6.62. The fraction of sp³-hybridized carbons (Fsp3) is 0.545. The van der Waals surface area contributed by atoms with Crippen LogP contribution in [0.15, 0.2) is 16.8 Å². The van der Waals surface area contributed by atoms with Crippen molar-refractivity contribution in [2.24, 2.45) is 5.73 Å². The largest absolute Gasteiger partial charge is 0.359 e. The summed E-state index contributed by atoms with van der Waals surface area (Å²) in [6.07, 6.45) is 0.508. The van der Waals surface area contributed by atoms with Crippen LogP contribution in [-0.2, 0) is 4.79 Å². The van der Waals surface area contributed by atoms with E-state index in [0.717, 1.165) is 6.54 Å². The topological polar surface area (TPSA) is 58.4 Å². The zero-order valence-electron chi connectivity index (χ0n) is 9.77. The quantitative estimate of drug-likeness (QED) is 0.775. The van der Waals surface area contributed by atoms with Gasteiger partial charge in [-0.05, 0) is 29.4 Å². The molecule has 0 fully saturated rings. The Morgan fingerprint density at radius 1 is 1.69 bits per heavy atom. The molecule has 0 aliphatic heterocycles. The van der Waals surface area contributed by atoms with E-state index in [1.165, 1.54) is 5.56 Å². The Labute approximate surface area is 100 Å². The van der Waals surface area contributed by atoms with E-state index in [1.807, 2.05) is 12.4 Å². The monoisotopic (exact) mass is 241 g/mol. The van der Waals surface area contributed by atoms with Gasteiger partial charge < -0.3 is 11.1 Å². The summed E-state index contributed by atoms with van der Waals surface area (Å²) in [6.45, 7) is 1.29. The summed E-state index contributed by atoms with van der Waals surface area (Å²) >= 11 is 1.67. The maximum absolute atomic E-state index is 11.1.